The van der Waals surface area contributed by atoms with E-state index in [1.165, 1.54) is 71.6 Å². The molecule has 0 saturated carbocycles. The number of hydrogen-bond donors (Lipinski definition) is 0. The third kappa shape index (κ3) is 4.25. The molecular formula is C42H36BNO. The van der Waals surface area contributed by atoms with Crippen LogP contribution in [0.3, 0.4) is 0 Å². The predicted molar refractivity (Wildman–Crippen MR) is 194 cm³/mol. The highest BCUT2D eigenvalue weighted by atomic mass is 16.3. The Kier molecular flexibility index (Phi) is 6.29. The number of fused-ring (bicyclic) bond motifs is 7. The second kappa shape index (κ2) is 10.3. The van der Waals surface area contributed by atoms with Crippen molar-refractivity contribution >= 4 is 66.8 Å². The molecule has 2 heterocycles. The van der Waals surface area contributed by atoms with Crippen molar-refractivity contribution in [2.75, 3.05) is 0 Å². The van der Waals surface area contributed by atoms with Gasteiger partial charge in [0.1, 0.15) is 11.2 Å². The van der Waals surface area contributed by atoms with Crippen LogP contribution in [0.2, 0.25) is 0 Å². The van der Waals surface area contributed by atoms with Crippen LogP contribution >= 0.6 is 0 Å². The fourth-order valence-corrected chi connectivity index (χ4v) is 8.12. The molecule has 0 saturated heterocycles. The van der Waals surface area contributed by atoms with E-state index >= 15 is 0 Å². The molecule has 0 atom stereocenters. The summed E-state index contributed by atoms with van der Waals surface area (Å²) in [6.45, 7) is 13.6. The average Bonchev–Trinajstić information content (AvgIpc) is 3.55. The maximum Gasteiger partial charge on any atom is 0.242 e. The van der Waals surface area contributed by atoms with Gasteiger partial charge in [-0.05, 0) is 77.9 Å². The Labute approximate surface area is 265 Å². The van der Waals surface area contributed by atoms with Crippen LogP contribution in [0, 0.1) is 41.5 Å². The van der Waals surface area contributed by atoms with Crippen LogP contribution < -0.4 is 16.4 Å². The van der Waals surface area contributed by atoms with Crippen molar-refractivity contribution in [2.45, 2.75) is 41.5 Å². The highest BCUT2D eigenvalue weighted by Gasteiger charge is 2.28. The van der Waals surface area contributed by atoms with Gasteiger partial charge in [0, 0.05) is 21.8 Å². The first kappa shape index (κ1) is 27.5. The molecule has 8 aromatic rings. The first-order valence-electron chi connectivity index (χ1n) is 15.9. The normalized spacial score (nSPS) is 11.8. The topological polar surface area (TPSA) is 18.1 Å². The molecule has 6 aromatic carbocycles. The molecule has 218 valence electrons. The summed E-state index contributed by atoms with van der Waals surface area (Å²) in [4.78, 5) is 0. The number of aryl methyl sites for hydroxylation is 6. The minimum absolute atomic E-state index is 0.142. The monoisotopic (exact) mass is 581 g/mol. The van der Waals surface area contributed by atoms with Crippen molar-refractivity contribution in [1.82, 2.24) is 4.57 Å². The summed E-state index contributed by atoms with van der Waals surface area (Å²) >= 11 is 0. The summed E-state index contributed by atoms with van der Waals surface area (Å²) < 4.78 is 8.77. The van der Waals surface area contributed by atoms with Crippen molar-refractivity contribution in [3.05, 3.63) is 143 Å². The highest BCUT2D eigenvalue weighted by Crippen LogP contribution is 2.40. The molecule has 3 heteroatoms. The van der Waals surface area contributed by atoms with Crippen molar-refractivity contribution in [1.29, 1.82) is 0 Å². The van der Waals surface area contributed by atoms with Crippen LogP contribution in [0.25, 0.3) is 49.4 Å². The molecule has 0 N–H and O–H groups in total. The summed E-state index contributed by atoms with van der Waals surface area (Å²) in [5.41, 5.74) is 17.5. The lowest BCUT2D eigenvalue weighted by atomic mass is 9.34. The van der Waals surface area contributed by atoms with Gasteiger partial charge in [-0.25, -0.2) is 0 Å². The van der Waals surface area contributed by atoms with Gasteiger partial charge in [-0.15, -0.1) is 0 Å². The molecule has 0 radical (unpaired) electrons. The van der Waals surface area contributed by atoms with Crippen LogP contribution in [0.4, 0.5) is 0 Å². The van der Waals surface area contributed by atoms with Crippen LogP contribution in [0.15, 0.2) is 114 Å². The fraction of sp³-hybridized carbons (Fsp3) is 0.143. The maximum absolute atomic E-state index is 6.34. The smallest absolute Gasteiger partial charge is 0.242 e. The van der Waals surface area contributed by atoms with Gasteiger partial charge >= 0.3 is 0 Å². The minimum atomic E-state index is 0.142. The Hall–Kier alpha value is -5.02. The molecule has 0 aliphatic carbocycles. The molecule has 0 spiro atoms. The van der Waals surface area contributed by atoms with E-state index in [0.29, 0.717) is 0 Å². The second-order valence-corrected chi connectivity index (χ2v) is 12.9. The minimum Gasteiger partial charge on any atom is -0.456 e. The van der Waals surface area contributed by atoms with Gasteiger partial charge in [0.05, 0.1) is 16.4 Å². The third-order valence-corrected chi connectivity index (χ3v) is 9.71. The number of furan rings is 1. The predicted octanol–water partition coefficient (Wildman–Crippen LogP) is 9.05. The Morgan fingerprint density at radius 3 is 1.69 bits per heavy atom. The summed E-state index contributed by atoms with van der Waals surface area (Å²) in [5, 5.41) is 4.80. The van der Waals surface area contributed by atoms with Gasteiger partial charge in [-0.3, -0.25) is 0 Å². The standard InChI is InChI=1S/C42H36BNO/c1-25-21-27(3)40(28(4)22-25)43(41-29(5)23-26(2)24-30(41)6)31-15-17-32(18-16-31)44-36-13-9-7-11-33(36)34-19-20-38-39(42(34)44)35-12-8-10-14-37(35)45-38/h7-24H,1-6H3. The van der Waals surface area contributed by atoms with Crippen molar-refractivity contribution in [3.63, 3.8) is 0 Å². The number of hydrogen-bond acceptors (Lipinski definition) is 1. The van der Waals surface area contributed by atoms with Gasteiger partial charge in [0.25, 0.3) is 0 Å². The number of benzene rings is 6. The van der Waals surface area contributed by atoms with E-state index in [1.807, 2.05) is 6.07 Å². The zero-order valence-electron chi connectivity index (χ0n) is 26.8. The Morgan fingerprint density at radius 1 is 0.511 bits per heavy atom. The largest absolute Gasteiger partial charge is 0.456 e. The number of aromatic nitrogens is 1. The number of rotatable bonds is 4. The van der Waals surface area contributed by atoms with Crippen LogP contribution in [-0.2, 0) is 0 Å². The molecule has 0 aliphatic heterocycles. The van der Waals surface area contributed by atoms with E-state index in [-0.39, 0.29) is 6.71 Å². The molecular weight excluding hydrogens is 545 g/mol. The number of nitrogens with zero attached hydrogens (tertiary/aromatic N) is 1. The van der Waals surface area contributed by atoms with Crippen LogP contribution in [-0.4, -0.2) is 11.3 Å². The zero-order chi connectivity index (χ0) is 31.0. The SMILES string of the molecule is Cc1cc(C)c(B(c2ccc(-n3c4ccccc4c4ccc5oc6ccccc6c5c43)cc2)c2c(C)cc(C)cc2C)c(C)c1. The first-order valence-corrected chi connectivity index (χ1v) is 15.9. The lowest BCUT2D eigenvalue weighted by Crippen LogP contribution is -2.55. The fourth-order valence-electron chi connectivity index (χ4n) is 8.12. The van der Waals surface area contributed by atoms with Gasteiger partial charge < -0.3 is 8.98 Å². The lowest BCUT2D eigenvalue weighted by Gasteiger charge is -2.25. The summed E-state index contributed by atoms with van der Waals surface area (Å²) in [7, 11) is 0. The zero-order valence-corrected chi connectivity index (χ0v) is 26.8. The molecule has 0 bridgehead atoms. The second-order valence-electron chi connectivity index (χ2n) is 12.9. The number of para-hydroxylation sites is 2. The average molecular weight is 582 g/mol. The van der Waals surface area contributed by atoms with Crippen molar-refractivity contribution < 1.29 is 4.42 Å². The Morgan fingerprint density at radius 2 is 1.07 bits per heavy atom. The van der Waals surface area contributed by atoms with E-state index in [4.69, 9.17) is 4.42 Å². The Bertz CT molecular complexity index is 2340. The molecule has 45 heavy (non-hydrogen) atoms. The van der Waals surface area contributed by atoms with Gasteiger partial charge in [0.15, 0.2) is 0 Å². The molecule has 8 rings (SSSR count). The maximum atomic E-state index is 6.34. The molecule has 2 nitrogen and oxygen atoms in total. The first-order chi connectivity index (χ1) is 21.8. The van der Waals surface area contributed by atoms with Crippen LogP contribution in [0.5, 0.6) is 0 Å². The molecule has 0 unspecified atom stereocenters. The third-order valence-electron chi connectivity index (χ3n) is 9.71. The highest BCUT2D eigenvalue weighted by molar-refractivity contribution is 6.96. The van der Waals surface area contributed by atoms with Crippen molar-refractivity contribution in [2.24, 2.45) is 0 Å². The summed E-state index contributed by atoms with van der Waals surface area (Å²) in [5.74, 6) is 0. The molecule has 0 amide bonds. The molecule has 2 aromatic heterocycles. The quantitative estimate of drug-likeness (QED) is 0.190. The van der Waals surface area contributed by atoms with E-state index in [0.717, 1.165) is 27.6 Å². The molecule has 0 fully saturated rings. The Balaban J connectivity index is 1.39. The lowest BCUT2D eigenvalue weighted by molar-refractivity contribution is 0.669. The van der Waals surface area contributed by atoms with E-state index < -0.39 is 0 Å². The summed E-state index contributed by atoms with van der Waals surface area (Å²) in [6, 6.07) is 40.1. The van der Waals surface area contributed by atoms with Crippen LogP contribution in [0.1, 0.15) is 33.4 Å². The molecule has 0 aliphatic rings. The van der Waals surface area contributed by atoms with Crippen molar-refractivity contribution in [3.8, 4) is 5.69 Å². The van der Waals surface area contributed by atoms with Gasteiger partial charge in [-0.1, -0.05) is 123 Å². The summed E-state index contributed by atoms with van der Waals surface area (Å²) in [6.07, 6.45) is 0. The van der Waals surface area contributed by atoms with Gasteiger partial charge in [0.2, 0.25) is 6.71 Å². The van der Waals surface area contributed by atoms with E-state index in [9.17, 15) is 0 Å². The van der Waals surface area contributed by atoms with E-state index in [2.05, 4.69) is 149 Å². The van der Waals surface area contributed by atoms with E-state index in [1.54, 1.807) is 0 Å². The van der Waals surface area contributed by atoms with Gasteiger partial charge in [-0.2, -0.15) is 0 Å².